The van der Waals surface area contributed by atoms with E-state index in [1.165, 1.54) is 0 Å². The quantitative estimate of drug-likeness (QED) is 0.547. The zero-order valence-corrected chi connectivity index (χ0v) is 6.91. The zero-order chi connectivity index (χ0) is 8.67. The average Bonchev–Trinajstić information content (AvgIpc) is 2.56. The number of aromatic amines is 1. The molecule has 0 unspecified atom stereocenters. The maximum Gasteiger partial charge on any atom is 0.0965 e. The summed E-state index contributed by atoms with van der Waals surface area (Å²) >= 11 is 0. The van der Waals surface area contributed by atoms with Gasteiger partial charge in [-0.25, -0.2) is 4.98 Å². The third-order valence-corrected chi connectivity index (χ3v) is 2.21. The molecular weight excluding hydrogens is 160 g/mol. The molecule has 0 bridgehead atoms. The molecule has 1 N–H and O–H groups in total. The second-order valence-electron chi connectivity index (χ2n) is 3.01. The summed E-state index contributed by atoms with van der Waals surface area (Å²) in [5.74, 6) is 0. The number of pyridine rings is 1. The predicted octanol–water partition coefficient (Wildman–Crippen LogP) is 2.52. The number of nitrogens with one attached hydrogen (secondary N) is 1. The van der Waals surface area contributed by atoms with Gasteiger partial charge in [-0.3, -0.25) is 0 Å². The van der Waals surface area contributed by atoms with Crippen LogP contribution in [0.4, 0.5) is 0 Å². The Bertz CT molecular complexity index is 516. The number of hydrogen-bond donors (Lipinski definition) is 1. The van der Waals surface area contributed by atoms with Gasteiger partial charge in [0, 0.05) is 10.9 Å². The Morgan fingerprint density at radius 2 is 2.00 bits per heavy atom. The van der Waals surface area contributed by atoms with E-state index >= 15 is 0 Å². The van der Waals surface area contributed by atoms with Crippen LogP contribution in [0.2, 0.25) is 0 Å². The summed E-state index contributed by atoms with van der Waals surface area (Å²) in [6.07, 6.45) is 2.84. The number of aromatic nitrogens is 2. The molecule has 0 fully saturated rings. The molecule has 0 saturated heterocycles. The van der Waals surface area contributed by atoms with E-state index in [9.17, 15) is 0 Å². The summed E-state index contributed by atoms with van der Waals surface area (Å²) < 4.78 is 0. The third-order valence-electron chi connectivity index (χ3n) is 2.21. The van der Waals surface area contributed by atoms with Gasteiger partial charge in [-0.2, -0.15) is 0 Å². The van der Waals surface area contributed by atoms with Gasteiger partial charge in [0.15, 0.2) is 0 Å². The molecule has 0 aliphatic carbocycles. The average molecular weight is 167 g/mol. The summed E-state index contributed by atoms with van der Waals surface area (Å²) in [6.45, 7) is 0. The van der Waals surface area contributed by atoms with Crippen molar-refractivity contribution < 1.29 is 0 Å². The van der Waals surface area contributed by atoms with Crippen LogP contribution in [0.5, 0.6) is 0 Å². The molecule has 0 amide bonds. The maximum absolute atomic E-state index is 4.21. The van der Waals surface area contributed by atoms with Crippen LogP contribution in [0.1, 0.15) is 0 Å². The van der Waals surface area contributed by atoms with E-state index in [1.807, 2.05) is 24.3 Å². The van der Waals surface area contributed by atoms with Gasteiger partial charge < -0.3 is 4.98 Å². The van der Waals surface area contributed by atoms with Gasteiger partial charge >= 0.3 is 0 Å². The van der Waals surface area contributed by atoms with Crippen molar-refractivity contribution in [1.82, 2.24) is 9.97 Å². The highest BCUT2D eigenvalue weighted by Crippen LogP contribution is 2.21. The minimum absolute atomic E-state index is 0.998. The number of nitrogens with zero attached hydrogens (tertiary/aromatic N) is 1. The van der Waals surface area contributed by atoms with Crippen molar-refractivity contribution in [2.45, 2.75) is 0 Å². The molecule has 2 aromatic heterocycles. The zero-order valence-electron chi connectivity index (χ0n) is 6.91. The van der Waals surface area contributed by atoms with Crippen molar-refractivity contribution >= 4 is 21.9 Å². The molecule has 13 heavy (non-hydrogen) atoms. The Morgan fingerprint density at radius 3 is 3.00 bits per heavy atom. The lowest BCUT2D eigenvalue weighted by Gasteiger charge is -1.86. The third kappa shape index (κ3) is 0.855. The minimum Gasteiger partial charge on any atom is -0.353 e. The standard InChI is InChI=1S/C11H7N2/c1-2-5-9-8(4-1)11-10(13-9)6-3-7-12-11/h1-6,13H. The number of H-pyrrole nitrogens is 1. The van der Waals surface area contributed by atoms with Gasteiger partial charge in [0.25, 0.3) is 0 Å². The second kappa shape index (κ2) is 2.33. The Balaban J connectivity index is 2.64. The maximum atomic E-state index is 4.21. The molecule has 2 heteroatoms. The summed E-state index contributed by atoms with van der Waals surface area (Å²) in [5, 5.41) is 1.16. The van der Waals surface area contributed by atoms with Crippen LogP contribution in [-0.2, 0) is 0 Å². The van der Waals surface area contributed by atoms with Gasteiger partial charge in [0.05, 0.1) is 17.2 Å². The summed E-state index contributed by atoms with van der Waals surface area (Å²) in [5.41, 5.74) is 3.20. The fraction of sp³-hybridized carbons (Fsp3) is 0. The highest BCUT2D eigenvalue weighted by atomic mass is 14.8. The monoisotopic (exact) mass is 167 g/mol. The van der Waals surface area contributed by atoms with E-state index in [2.05, 4.69) is 28.3 Å². The second-order valence-corrected chi connectivity index (χ2v) is 3.01. The molecule has 2 heterocycles. The Hall–Kier alpha value is -1.83. The van der Waals surface area contributed by atoms with Gasteiger partial charge in [-0.05, 0) is 18.2 Å². The van der Waals surface area contributed by atoms with Crippen LogP contribution >= 0.6 is 0 Å². The van der Waals surface area contributed by atoms with Gasteiger partial charge in [0.1, 0.15) is 0 Å². The lowest BCUT2D eigenvalue weighted by atomic mass is 10.2. The van der Waals surface area contributed by atoms with Crippen LogP contribution < -0.4 is 0 Å². The van der Waals surface area contributed by atoms with Crippen LogP contribution in [-0.4, -0.2) is 9.97 Å². The van der Waals surface area contributed by atoms with E-state index < -0.39 is 0 Å². The smallest absolute Gasteiger partial charge is 0.0965 e. The number of benzene rings is 1. The van der Waals surface area contributed by atoms with E-state index in [-0.39, 0.29) is 0 Å². The molecule has 61 valence electrons. The summed E-state index contributed by atoms with van der Waals surface area (Å²) in [7, 11) is 0. The molecule has 0 saturated carbocycles. The number of para-hydroxylation sites is 1. The molecule has 0 aliphatic heterocycles. The topological polar surface area (TPSA) is 28.7 Å². The molecule has 3 rings (SSSR count). The highest BCUT2D eigenvalue weighted by Gasteiger charge is 2.01. The van der Waals surface area contributed by atoms with Crippen molar-refractivity contribution in [3.05, 3.63) is 42.6 Å². The van der Waals surface area contributed by atoms with Crippen LogP contribution in [0, 0.1) is 6.20 Å². The first-order valence-corrected chi connectivity index (χ1v) is 4.19. The molecule has 1 aromatic carbocycles. The first-order valence-electron chi connectivity index (χ1n) is 4.19. The van der Waals surface area contributed by atoms with Crippen LogP contribution in [0.25, 0.3) is 21.9 Å². The number of fused-ring (bicyclic) bond motifs is 3. The fourth-order valence-corrected chi connectivity index (χ4v) is 1.61. The minimum atomic E-state index is 0.998. The van der Waals surface area contributed by atoms with Crippen molar-refractivity contribution in [1.29, 1.82) is 0 Å². The van der Waals surface area contributed by atoms with E-state index in [1.54, 1.807) is 0 Å². The van der Waals surface area contributed by atoms with Gasteiger partial charge in [-0.15, -0.1) is 0 Å². The normalized spacial score (nSPS) is 11.1. The van der Waals surface area contributed by atoms with E-state index in [4.69, 9.17) is 0 Å². The lowest BCUT2D eigenvalue weighted by molar-refractivity contribution is 1.40. The van der Waals surface area contributed by atoms with Crippen LogP contribution in [0.3, 0.4) is 0 Å². The van der Waals surface area contributed by atoms with Gasteiger partial charge in [-0.1, -0.05) is 18.2 Å². The van der Waals surface area contributed by atoms with Crippen molar-refractivity contribution in [2.75, 3.05) is 0 Å². The predicted molar refractivity (Wildman–Crippen MR) is 52.4 cm³/mol. The molecule has 0 aliphatic rings. The molecule has 1 radical (unpaired) electrons. The molecule has 3 aromatic rings. The van der Waals surface area contributed by atoms with Crippen molar-refractivity contribution in [3.8, 4) is 0 Å². The lowest BCUT2D eigenvalue weighted by Crippen LogP contribution is -1.71. The van der Waals surface area contributed by atoms with Crippen LogP contribution in [0.15, 0.2) is 36.4 Å². The van der Waals surface area contributed by atoms with E-state index in [0.29, 0.717) is 0 Å². The van der Waals surface area contributed by atoms with Crippen molar-refractivity contribution in [2.24, 2.45) is 0 Å². The summed E-state index contributed by atoms with van der Waals surface area (Å²) in [6, 6.07) is 12.0. The molecule has 0 atom stereocenters. The summed E-state index contributed by atoms with van der Waals surface area (Å²) in [4.78, 5) is 7.51. The Kier molecular flexibility index (Phi) is 1.19. The fourth-order valence-electron chi connectivity index (χ4n) is 1.61. The van der Waals surface area contributed by atoms with E-state index in [0.717, 1.165) is 21.9 Å². The highest BCUT2D eigenvalue weighted by molar-refractivity contribution is 6.04. The van der Waals surface area contributed by atoms with Crippen molar-refractivity contribution in [3.63, 3.8) is 0 Å². The largest absolute Gasteiger partial charge is 0.353 e. The first kappa shape index (κ1) is 6.66. The Labute approximate surface area is 75.2 Å². The molecular formula is C11H7N2. The Morgan fingerprint density at radius 1 is 1.08 bits per heavy atom. The van der Waals surface area contributed by atoms with Gasteiger partial charge in [0.2, 0.25) is 0 Å². The number of hydrogen-bond acceptors (Lipinski definition) is 1. The molecule has 2 nitrogen and oxygen atoms in total. The SMILES string of the molecule is [c]1ccc2[nH]c3ccccc3c2n1. The molecule has 0 spiro atoms. The number of rotatable bonds is 0. The first-order chi connectivity index (χ1) is 6.45.